The molecule has 1 aromatic heterocycles. The summed E-state index contributed by atoms with van der Waals surface area (Å²) in [6.45, 7) is 7.61. The van der Waals surface area contributed by atoms with Crippen LogP contribution in [0, 0.1) is 13.5 Å². The smallest absolute Gasteiger partial charge is 0.397 e. The number of hydrogen-bond donors (Lipinski definition) is 0. The second-order valence-corrected chi connectivity index (χ2v) is 3.99. The number of benzene rings is 1. The largest absolute Gasteiger partial charge is 0.461 e. The fourth-order valence-electron chi connectivity index (χ4n) is 1.86. The predicted octanol–water partition coefficient (Wildman–Crippen LogP) is 2.69. The third kappa shape index (κ3) is 2.05. The summed E-state index contributed by atoms with van der Waals surface area (Å²) in [5, 5.41) is 1.04. The molecule has 0 unspecified atom stereocenters. The van der Waals surface area contributed by atoms with Gasteiger partial charge < -0.3 is 4.42 Å². The van der Waals surface area contributed by atoms with Gasteiger partial charge >= 0.3 is 5.91 Å². The number of carbonyl (C=O) groups excluding carboxylic acids is 1. The molecule has 0 fully saturated rings. The van der Waals surface area contributed by atoms with Crippen LogP contribution in [0.5, 0.6) is 0 Å². The molecule has 0 saturated heterocycles. The Balaban J connectivity index is 2.38. The van der Waals surface area contributed by atoms with Crippen molar-refractivity contribution in [3.8, 4) is 0 Å². The molecule has 17 heavy (non-hydrogen) atoms. The highest BCUT2D eigenvalue weighted by atomic mass is 16.3. The number of furan rings is 1. The summed E-state index contributed by atoms with van der Waals surface area (Å²) in [4.78, 5) is 13.0. The van der Waals surface area contributed by atoms with Gasteiger partial charge in [0.15, 0.2) is 0 Å². The quantitative estimate of drug-likeness (QED) is 0.597. The van der Waals surface area contributed by atoms with Gasteiger partial charge in [-0.2, -0.15) is 0 Å². The molecule has 0 aliphatic carbocycles. The Kier molecular flexibility index (Phi) is 2.94. The lowest BCUT2D eigenvalue weighted by Crippen LogP contribution is -2.24. The molecule has 0 spiro atoms. The average molecular weight is 228 g/mol. The highest BCUT2D eigenvalue weighted by molar-refractivity contribution is 5.87. The van der Waals surface area contributed by atoms with E-state index in [2.05, 4.69) is 0 Å². The van der Waals surface area contributed by atoms with Gasteiger partial charge in [-0.3, -0.25) is 4.90 Å². The van der Waals surface area contributed by atoms with Crippen molar-refractivity contribution in [2.75, 3.05) is 7.05 Å². The molecule has 0 aliphatic rings. The number of nitrogens with zero attached hydrogens (tertiary/aromatic N) is 1. The molecule has 0 atom stereocenters. The van der Waals surface area contributed by atoms with E-state index in [1.165, 1.54) is 0 Å². The summed E-state index contributed by atoms with van der Waals surface area (Å²) in [5.74, 6) is 0.637. The van der Waals surface area contributed by atoms with Gasteiger partial charge in [0.1, 0.15) is 11.3 Å². The van der Waals surface area contributed by atoms with Gasteiger partial charge in [-0.1, -0.05) is 18.2 Å². The third-order valence-corrected chi connectivity index (χ3v) is 2.81. The van der Waals surface area contributed by atoms with Crippen LogP contribution in [0.3, 0.4) is 0 Å². The number of amides is 1. The predicted molar refractivity (Wildman–Crippen MR) is 66.3 cm³/mol. The summed E-state index contributed by atoms with van der Waals surface area (Å²) in [7, 11) is 1.72. The van der Waals surface area contributed by atoms with Gasteiger partial charge in [-0.05, 0) is 13.0 Å². The number of aryl methyl sites for hydroxylation is 1. The molecule has 0 bridgehead atoms. The first-order valence-corrected chi connectivity index (χ1v) is 5.40. The monoisotopic (exact) mass is 228 g/mol. The molecular formula is C14H14NO2+. The van der Waals surface area contributed by atoms with E-state index >= 15 is 0 Å². The van der Waals surface area contributed by atoms with Gasteiger partial charge in [0.25, 0.3) is 0 Å². The Morgan fingerprint density at radius 3 is 2.88 bits per heavy atom. The molecule has 2 aromatic rings. The first-order valence-electron chi connectivity index (χ1n) is 5.40. The van der Waals surface area contributed by atoms with Gasteiger partial charge in [0.05, 0.1) is 13.1 Å². The standard InChI is InChI=1S/C14H14NO2/c1-4-14(16)15(3)9-12-10(2)17-13-8-6-5-7-11(12)13/h1,4-8H,9H2,2-3H3/q+1. The number of hydrogen-bond acceptors (Lipinski definition) is 2. The van der Waals surface area contributed by atoms with E-state index in [4.69, 9.17) is 11.0 Å². The van der Waals surface area contributed by atoms with Crippen LogP contribution in [-0.2, 0) is 11.3 Å². The van der Waals surface area contributed by atoms with Crippen molar-refractivity contribution in [1.29, 1.82) is 0 Å². The molecule has 0 aliphatic heterocycles. The highest BCUT2D eigenvalue weighted by Crippen LogP contribution is 2.26. The second kappa shape index (κ2) is 4.40. The zero-order valence-electron chi connectivity index (χ0n) is 9.93. The molecule has 1 aromatic carbocycles. The Morgan fingerprint density at radius 1 is 1.47 bits per heavy atom. The second-order valence-electron chi connectivity index (χ2n) is 3.99. The van der Waals surface area contributed by atoms with Crippen LogP contribution < -0.4 is 0 Å². The molecule has 0 saturated carbocycles. The molecular weight excluding hydrogens is 214 g/mol. The van der Waals surface area contributed by atoms with Crippen LogP contribution in [0.25, 0.3) is 11.0 Å². The summed E-state index contributed by atoms with van der Waals surface area (Å²) in [6.07, 6.45) is 1.07. The zero-order valence-corrected chi connectivity index (χ0v) is 9.93. The maximum absolute atomic E-state index is 11.4. The molecule has 1 heterocycles. The Bertz CT molecular complexity index is 569. The lowest BCUT2D eigenvalue weighted by atomic mass is 10.1. The Labute approximate surface area is 100 Å². The van der Waals surface area contributed by atoms with Gasteiger partial charge in [-0.25, -0.2) is 0 Å². The fraction of sp³-hybridized carbons (Fsp3) is 0.214. The van der Waals surface area contributed by atoms with Crippen molar-refractivity contribution >= 4 is 16.9 Å². The topological polar surface area (TPSA) is 33.5 Å². The Morgan fingerprint density at radius 2 is 2.18 bits per heavy atom. The number of likely N-dealkylation sites (N-methyl/N-ethyl adjacent to an activating group) is 1. The van der Waals surface area contributed by atoms with E-state index in [1.807, 2.05) is 31.2 Å². The lowest BCUT2D eigenvalue weighted by Gasteiger charge is -2.08. The lowest BCUT2D eigenvalue weighted by molar-refractivity contribution is -0.125. The minimum absolute atomic E-state index is 0.199. The van der Waals surface area contributed by atoms with Crippen molar-refractivity contribution in [1.82, 2.24) is 4.90 Å². The molecule has 86 valence electrons. The summed E-state index contributed by atoms with van der Waals surface area (Å²) < 4.78 is 5.63. The number of para-hydroxylation sites is 1. The van der Waals surface area contributed by atoms with E-state index in [9.17, 15) is 4.79 Å². The van der Waals surface area contributed by atoms with Crippen molar-refractivity contribution in [2.24, 2.45) is 0 Å². The minimum atomic E-state index is -0.199. The highest BCUT2D eigenvalue weighted by Gasteiger charge is 2.18. The maximum Gasteiger partial charge on any atom is 0.397 e. The summed E-state index contributed by atoms with van der Waals surface area (Å²) >= 11 is 0. The van der Waals surface area contributed by atoms with Gasteiger partial charge in [0.2, 0.25) is 6.08 Å². The van der Waals surface area contributed by atoms with Gasteiger partial charge in [-0.15, -0.1) is 4.79 Å². The number of fused-ring (bicyclic) bond motifs is 1. The Hall–Kier alpha value is -2.12. The van der Waals surface area contributed by atoms with E-state index < -0.39 is 0 Å². The van der Waals surface area contributed by atoms with Crippen LogP contribution in [0.2, 0.25) is 0 Å². The summed E-state index contributed by atoms with van der Waals surface area (Å²) in [5.41, 5.74) is 1.87. The molecule has 2 rings (SSSR count). The molecule has 0 radical (unpaired) electrons. The zero-order chi connectivity index (χ0) is 12.4. The number of carbonyl (C=O) groups is 1. The van der Waals surface area contributed by atoms with E-state index in [0.717, 1.165) is 28.4 Å². The van der Waals surface area contributed by atoms with Crippen LogP contribution in [0.1, 0.15) is 11.3 Å². The van der Waals surface area contributed by atoms with E-state index in [1.54, 1.807) is 11.9 Å². The molecule has 3 heteroatoms. The van der Waals surface area contributed by atoms with Crippen molar-refractivity contribution < 1.29 is 9.21 Å². The minimum Gasteiger partial charge on any atom is -0.461 e. The maximum atomic E-state index is 11.4. The molecule has 0 N–H and O–H groups in total. The normalized spacial score (nSPS) is 10.4. The average Bonchev–Trinajstić information content (AvgIpc) is 2.65. The van der Waals surface area contributed by atoms with Crippen LogP contribution >= 0.6 is 0 Å². The van der Waals surface area contributed by atoms with E-state index in [0.29, 0.717) is 6.54 Å². The van der Waals surface area contributed by atoms with Crippen LogP contribution in [0.15, 0.2) is 34.8 Å². The van der Waals surface area contributed by atoms with Crippen molar-refractivity contribution in [3.63, 3.8) is 0 Å². The molecule has 1 amide bonds. The van der Waals surface area contributed by atoms with E-state index in [-0.39, 0.29) is 5.91 Å². The first kappa shape index (κ1) is 11.4. The van der Waals surface area contributed by atoms with Crippen LogP contribution in [0.4, 0.5) is 0 Å². The fourth-order valence-corrected chi connectivity index (χ4v) is 1.86. The first-order chi connectivity index (χ1) is 8.13. The third-order valence-electron chi connectivity index (χ3n) is 2.81. The summed E-state index contributed by atoms with van der Waals surface area (Å²) in [6, 6.07) is 7.80. The van der Waals surface area contributed by atoms with Crippen LogP contribution in [-0.4, -0.2) is 17.9 Å². The number of rotatable bonds is 3. The van der Waals surface area contributed by atoms with Crippen molar-refractivity contribution in [2.45, 2.75) is 13.5 Å². The molecule has 3 nitrogen and oxygen atoms in total. The van der Waals surface area contributed by atoms with Gasteiger partial charge in [0, 0.05) is 18.0 Å². The van der Waals surface area contributed by atoms with Crippen molar-refractivity contribution in [3.05, 3.63) is 48.2 Å². The SMILES string of the molecule is [CH+]=CC(=O)N(C)Cc1c(C)oc2ccccc12.